The number of carbonyl (C=O) groups is 2. The smallest absolute Gasteiger partial charge is 0.257 e. The summed E-state index contributed by atoms with van der Waals surface area (Å²) in [4.78, 5) is 23.8. The van der Waals surface area contributed by atoms with Gasteiger partial charge in [-0.25, -0.2) is 4.39 Å². The molecule has 142 valence electrons. The second-order valence-corrected chi connectivity index (χ2v) is 6.05. The molecule has 0 atom stereocenters. The van der Waals surface area contributed by atoms with Crippen LogP contribution in [0.15, 0.2) is 54.7 Å². The van der Waals surface area contributed by atoms with E-state index in [-0.39, 0.29) is 35.7 Å². The Balaban J connectivity index is 1.68. The summed E-state index contributed by atoms with van der Waals surface area (Å²) in [6.45, 7) is 3.73. The van der Waals surface area contributed by atoms with Crippen LogP contribution >= 0.6 is 11.6 Å². The third-order valence-electron chi connectivity index (χ3n) is 3.45. The Morgan fingerprint density at radius 1 is 1.22 bits per heavy atom. The molecule has 27 heavy (non-hydrogen) atoms. The molecule has 2 amide bonds. The highest BCUT2D eigenvalue weighted by Crippen LogP contribution is 2.20. The first kappa shape index (κ1) is 20.3. The van der Waals surface area contributed by atoms with E-state index >= 15 is 0 Å². The molecule has 0 fully saturated rings. The molecule has 0 radical (unpaired) electrons. The van der Waals surface area contributed by atoms with E-state index in [9.17, 15) is 14.0 Å². The number of nitrogen functional groups attached to an aromatic ring is 1. The van der Waals surface area contributed by atoms with Gasteiger partial charge in [0.25, 0.3) is 11.8 Å². The number of amides is 2. The molecule has 2 rings (SSSR count). The lowest BCUT2D eigenvalue weighted by Crippen LogP contribution is -2.31. The SMILES string of the molecule is C=C(CCNC(=O)COc1ccc(Cl)c(F)c1)NC(=O)c1cccc(N)c1. The predicted octanol–water partition coefficient (Wildman–Crippen LogP) is 2.89. The summed E-state index contributed by atoms with van der Waals surface area (Å²) in [7, 11) is 0. The van der Waals surface area contributed by atoms with Crippen molar-refractivity contribution in [1.29, 1.82) is 0 Å². The Labute approximate surface area is 161 Å². The molecule has 0 spiro atoms. The zero-order valence-corrected chi connectivity index (χ0v) is 15.2. The normalized spacial score (nSPS) is 10.1. The Bertz CT molecular complexity index is 858. The summed E-state index contributed by atoms with van der Waals surface area (Å²) >= 11 is 5.57. The van der Waals surface area contributed by atoms with Gasteiger partial charge >= 0.3 is 0 Å². The van der Waals surface area contributed by atoms with Crippen LogP contribution in [0, 0.1) is 5.82 Å². The van der Waals surface area contributed by atoms with Gasteiger partial charge in [0.15, 0.2) is 6.61 Å². The number of hydrogen-bond donors (Lipinski definition) is 3. The largest absolute Gasteiger partial charge is 0.484 e. The van der Waals surface area contributed by atoms with Crippen molar-refractivity contribution in [2.24, 2.45) is 0 Å². The van der Waals surface area contributed by atoms with Crippen molar-refractivity contribution < 1.29 is 18.7 Å². The summed E-state index contributed by atoms with van der Waals surface area (Å²) in [5, 5.41) is 5.23. The monoisotopic (exact) mass is 391 g/mol. The molecule has 6 nitrogen and oxygen atoms in total. The molecule has 0 saturated carbocycles. The van der Waals surface area contributed by atoms with Crippen molar-refractivity contribution in [1.82, 2.24) is 10.6 Å². The van der Waals surface area contributed by atoms with E-state index in [0.29, 0.717) is 23.4 Å². The molecule has 0 aromatic heterocycles. The molecule has 4 N–H and O–H groups in total. The zero-order chi connectivity index (χ0) is 19.8. The zero-order valence-electron chi connectivity index (χ0n) is 14.4. The molecule has 2 aromatic rings. The van der Waals surface area contributed by atoms with Gasteiger partial charge in [-0.15, -0.1) is 0 Å². The lowest BCUT2D eigenvalue weighted by Gasteiger charge is -2.10. The first-order chi connectivity index (χ1) is 12.8. The summed E-state index contributed by atoms with van der Waals surface area (Å²) in [6, 6.07) is 10.5. The molecule has 0 aliphatic heterocycles. The van der Waals surface area contributed by atoms with E-state index in [2.05, 4.69) is 17.2 Å². The number of hydrogen-bond acceptors (Lipinski definition) is 4. The van der Waals surface area contributed by atoms with Gasteiger partial charge in [-0.3, -0.25) is 9.59 Å². The maximum atomic E-state index is 13.3. The Morgan fingerprint density at radius 2 is 2.00 bits per heavy atom. The van der Waals surface area contributed by atoms with Crippen LogP contribution in [0.1, 0.15) is 16.8 Å². The maximum absolute atomic E-state index is 13.3. The lowest BCUT2D eigenvalue weighted by molar-refractivity contribution is -0.123. The van der Waals surface area contributed by atoms with Crippen LogP contribution < -0.4 is 21.1 Å². The maximum Gasteiger partial charge on any atom is 0.257 e. The van der Waals surface area contributed by atoms with E-state index in [1.54, 1.807) is 24.3 Å². The minimum absolute atomic E-state index is 0.0226. The number of halogens is 2. The summed E-state index contributed by atoms with van der Waals surface area (Å²) < 4.78 is 18.5. The number of benzene rings is 2. The standard InChI is InChI=1S/C19H19ClFN3O3/c1-12(24-19(26)13-3-2-4-14(22)9-13)7-8-23-18(25)11-27-15-5-6-16(20)17(21)10-15/h2-6,9-10H,1,7-8,11,22H2,(H,23,25)(H,24,26). The van der Waals surface area contributed by atoms with Gasteiger partial charge in [-0.1, -0.05) is 24.2 Å². The van der Waals surface area contributed by atoms with Crippen LogP contribution in [0.25, 0.3) is 0 Å². The Kier molecular flexibility index (Phi) is 7.19. The van der Waals surface area contributed by atoms with E-state index in [1.807, 2.05) is 0 Å². The van der Waals surface area contributed by atoms with Gasteiger partial charge in [0.05, 0.1) is 5.02 Å². The molecule has 0 unspecified atom stereocenters. The number of carbonyl (C=O) groups excluding carboxylic acids is 2. The summed E-state index contributed by atoms with van der Waals surface area (Å²) in [5.41, 5.74) is 6.99. The van der Waals surface area contributed by atoms with Crippen LogP contribution in [0.3, 0.4) is 0 Å². The highest BCUT2D eigenvalue weighted by molar-refractivity contribution is 6.30. The lowest BCUT2D eigenvalue weighted by atomic mass is 10.2. The third kappa shape index (κ3) is 6.63. The highest BCUT2D eigenvalue weighted by atomic mass is 35.5. The van der Waals surface area contributed by atoms with Crippen LogP contribution in [-0.4, -0.2) is 25.0 Å². The number of ether oxygens (including phenoxy) is 1. The average molecular weight is 392 g/mol. The first-order valence-electron chi connectivity index (χ1n) is 8.04. The minimum atomic E-state index is -0.623. The minimum Gasteiger partial charge on any atom is -0.484 e. The first-order valence-corrected chi connectivity index (χ1v) is 8.42. The van der Waals surface area contributed by atoms with Gasteiger partial charge in [0.2, 0.25) is 0 Å². The number of nitrogens with two attached hydrogens (primary N) is 1. The Hall–Kier alpha value is -3.06. The van der Waals surface area contributed by atoms with Crippen molar-refractivity contribution in [3.8, 4) is 5.75 Å². The number of rotatable bonds is 8. The van der Waals surface area contributed by atoms with Gasteiger partial charge in [-0.2, -0.15) is 0 Å². The fourth-order valence-electron chi connectivity index (χ4n) is 2.09. The molecule has 2 aromatic carbocycles. The summed E-state index contributed by atoms with van der Waals surface area (Å²) in [5.74, 6) is -1.14. The summed E-state index contributed by atoms with van der Waals surface area (Å²) in [6.07, 6.45) is 0.343. The molecular weight excluding hydrogens is 373 g/mol. The van der Waals surface area contributed by atoms with Crippen LogP contribution in [0.2, 0.25) is 5.02 Å². The highest BCUT2D eigenvalue weighted by Gasteiger charge is 2.08. The van der Waals surface area contributed by atoms with Crippen molar-refractivity contribution in [3.05, 3.63) is 71.1 Å². The Morgan fingerprint density at radius 3 is 2.70 bits per heavy atom. The van der Waals surface area contributed by atoms with E-state index in [1.165, 1.54) is 12.1 Å². The molecular formula is C19H19ClFN3O3. The molecule has 0 aliphatic rings. The number of nitrogens with one attached hydrogen (secondary N) is 2. The topological polar surface area (TPSA) is 93.5 Å². The molecule has 0 saturated heterocycles. The van der Waals surface area contributed by atoms with Gasteiger partial charge in [0.1, 0.15) is 11.6 Å². The van der Waals surface area contributed by atoms with E-state index in [0.717, 1.165) is 6.07 Å². The predicted molar refractivity (Wildman–Crippen MR) is 102 cm³/mol. The fraction of sp³-hybridized carbons (Fsp3) is 0.158. The fourth-order valence-corrected chi connectivity index (χ4v) is 2.21. The third-order valence-corrected chi connectivity index (χ3v) is 3.76. The molecule has 0 aliphatic carbocycles. The van der Waals surface area contributed by atoms with Crippen molar-refractivity contribution in [2.45, 2.75) is 6.42 Å². The molecule has 0 bridgehead atoms. The van der Waals surface area contributed by atoms with Crippen molar-refractivity contribution >= 4 is 29.1 Å². The van der Waals surface area contributed by atoms with Crippen LogP contribution in [0.5, 0.6) is 5.75 Å². The second-order valence-electron chi connectivity index (χ2n) is 5.65. The van der Waals surface area contributed by atoms with Gasteiger partial charge in [0, 0.05) is 36.0 Å². The van der Waals surface area contributed by atoms with E-state index in [4.69, 9.17) is 22.1 Å². The van der Waals surface area contributed by atoms with Crippen LogP contribution in [-0.2, 0) is 4.79 Å². The molecule has 0 heterocycles. The van der Waals surface area contributed by atoms with Gasteiger partial charge < -0.3 is 21.1 Å². The van der Waals surface area contributed by atoms with E-state index < -0.39 is 5.82 Å². The quantitative estimate of drug-likeness (QED) is 0.603. The van der Waals surface area contributed by atoms with Crippen molar-refractivity contribution in [3.63, 3.8) is 0 Å². The molecule has 8 heteroatoms. The average Bonchev–Trinajstić information content (AvgIpc) is 2.62. The number of anilines is 1. The second kappa shape index (κ2) is 9.59. The van der Waals surface area contributed by atoms with Gasteiger partial charge in [-0.05, 0) is 30.3 Å². The van der Waals surface area contributed by atoms with Crippen molar-refractivity contribution in [2.75, 3.05) is 18.9 Å². The van der Waals surface area contributed by atoms with Crippen LogP contribution in [0.4, 0.5) is 10.1 Å².